The van der Waals surface area contributed by atoms with Gasteiger partial charge in [-0.3, -0.25) is 14.9 Å². The minimum absolute atomic E-state index is 0.0440. The minimum atomic E-state index is -1.82. The first-order valence-corrected chi connectivity index (χ1v) is 18.6. The molecule has 2 N–H and O–H groups in total. The topological polar surface area (TPSA) is 156 Å². The van der Waals surface area contributed by atoms with Gasteiger partial charge >= 0.3 is 12.1 Å². The molecule has 0 aliphatic carbocycles. The molecule has 3 heterocycles. The zero-order valence-electron chi connectivity index (χ0n) is 30.7. The molecule has 0 spiro atoms. The van der Waals surface area contributed by atoms with E-state index in [1.807, 2.05) is 19.3 Å². The van der Waals surface area contributed by atoms with Crippen LogP contribution in [-0.2, 0) is 39.8 Å². The number of esters is 1. The van der Waals surface area contributed by atoms with Gasteiger partial charge in [0.1, 0.15) is 40.7 Å². The summed E-state index contributed by atoms with van der Waals surface area (Å²) in [6.07, 6.45) is 3.16. The van der Waals surface area contributed by atoms with E-state index >= 15 is 0 Å². The van der Waals surface area contributed by atoms with Crippen molar-refractivity contribution in [3.63, 3.8) is 0 Å². The van der Waals surface area contributed by atoms with Gasteiger partial charge in [-0.05, 0) is 51.1 Å². The average molecular weight is 752 g/mol. The van der Waals surface area contributed by atoms with Gasteiger partial charge in [-0.15, -0.1) is 0 Å². The molecule has 4 rings (SSSR count). The highest BCUT2D eigenvalue weighted by Gasteiger charge is 2.64. The highest BCUT2D eigenvalue weighted by atomic mass is 35.5. The highest BCUT2D eigenvalue weighted by Crippen LogP contribution is 2.49. The number of amides is 3. The van der Waals surface area contributed by atoms with Crippen LogP contribution in [0.25, 0.3) is 0 Å². The Morgan fingerprint density at radius 1 is 1.27 bits per heavy atom. The van der Waals surface area contributed by atoms with Crippen LogP contribution in [0, 0.1) is 5.92 Å². The second-order valence-corrected chi connectivity index (χ2v) is 15.0. The zero-order chi connectivity index (χ0) is 37.8. The van der Waals surface area contributed by atoms with Gasteiger partial charge in [0.25, 0.3) is 0 Å². The van der Waals surface area contributed by atoms with E-state index < -0.39 is 65.7 Å². The Balaban J connectivity index is 1.76. The number of likely N-dealkylation sites (N-methyl/N-ethyl adjacent to an activating group) is 1. The number of rotatable bonds is 8. The smallest absolute Gasteiger partial charge is 0.409 e. The van der Waals surface area contributed by atoms with Crippen molar-refractivity contribution in [1.29, 1.82) is 0 Å². The molecule has 3 aliphatic rings. The van der Waals surface area contributed by atoms with E-state index in [1.54, 1.807) is 52.1 Å². The summed E-state index contributed by atoms with van der Waals surface area (Å²) in [5.74, 6) is -0.896. The number of allylic oxidation sites excluding steroid dienone is 3. The van der Waals surface area contributed by atoms with Crippen LogP contribution < -0.4 is 15.0 Å². The number of nitrogens with zero attached hydrogens (tertiary/aromatic N) is 2. The summed E-state index contributed by atoms with van der Waals surface area (Å²) in [6, 6.07) is 2.64. The number of thioether (sulfide) groups is 1. The SMILES string of the molecule is COc1cc2cc(c1Cl)N(C)C(=O)CC(OC(=O)C(C)N(C)C(=O)CCSC)C1(C)OC1C(C)C1CC(O)(NC(=O)O1)C(OC)C=CC=C(C)C2. The fourth-order valence-corrected chi connectivity index (χ4v) is 7.28. The molecule has 3 amide bonds. The van der Waals surface area contributed by atoms with E-state index in [2.05, 4.69) is 5.32 Å². The first kappa shape index (κ1) is 40.5. The number of epoxide rings is 1. The van der Waals surface area contributed by atoms with E-state index in [9.17, 15) is 24.3 Å². The molecular weight excluding hydrogens is 702 g/mol. The Kier molecular flexibility index (Phi) is 13.2. The van der Waals surface area contributed by atoms with Gasteiger partial charge in [-0.1, -0.05) is 42.3 Å². The van der Waals surface area contributed by atoms with E-state index in [0.29, 0.717) is 23.6 Å². The number of hydrogen-bond donors (Lipinski definition) is 2. The Hall–Kier alpha value is -3.30. The normalized spacial score (nSPS) is 30.3. The van der Waals surface area contributed by atoms with Crippen LogP contribution in [0.2, 0.25) is 5.02 Å². The highest BCUT2D eigenvalue weighted by molar-refractivity contribution is 7.98. The second-order valence-electron chi connectivity index (χ2n) is 13.6. The molecule has 4 bridgehead atoms. The Morgan fingerprint density at radius 2 is 1.98 bits per heavy atom. The molecule has 8 unspecified atom stereocenters. The van der Waals surface area contributed by atoms with Gasteiger partial charge in [0.05, 0.1) is 25.3 Å². The number of fused-ring (bicyclic) bond motifs is 5. The molecule has 15 heteroatoms. The Morgan fingerprint density at radius 3 is 2.63 bits per heavy atom. The predicted octanol–water partition coefficient (Wildman–Crippen LogP) is 4.27. The number of methoxy groups -OCH3 is 2. The summed E-state index contributed by atoms with van der Waals surface area (Å²) in [5, 5.41) is 14.4. The summed E-state index contributed by atoms with van der Waals surface area (Å²) >= 11 is 8.27. The van der Waals surface area contributed by atoms with Crippen LogP contribution in [0.5, 0.6) is 5.75 Å². The van der Waals surface area contributed by atoms with Crippen LogP contribution in [0.15, 0.2) is 35.9 Å². The van der Waals surface area contributed by atoms with Gasteiger partial charge in [0, 0.05) is 45.7 Å². The van der Waals surface area contributed by atoms with Crippen LogP contribution in [0.3, 0.4) is 0 Å². The minimum Gasteiger partial charge on any atom is -0.495 e. The van der Waals surface area contributed by atoms with Crippen LogP contribution in [0.1, 0.15) is 52.5 Å². The number of nitrogens with one attached hydrogen (secondary N) is 1. The number of alkyl carbamates (subject to hydrolysis) is 1. The number of carbonyl (C=O) groups is 4. The molecule has 8 atom stereocenters. The van der Waals surface area contributed by atoms with Gasteiger partial charge in [-0.2, -0.15) is 11.8 Å². The van der Waals surface area contributed by atoms with E-state index in [4.69, 9.17) is 35.3 Å². The first-order valence-electron chi connectivity index (χ1n) is 16.8. The number of ether oxygens (including phenoxy) is 5. The van der Waals surface area contributed by atoms with Crippen molar-refractivity contribution in [2.45, 2.75) is 95.2 Å². The van der Waals surface area contributed by atoms with E-state index in [-0.39, 0.29) is 30.2 Å². The summed E-state index contributed by atoms with van der Waals surface area (Å²) in [5.41, 5.74) is -0.877. The summed E-state index contributed by atoms with van der Waals surface area (Å²) in [4.78, 5) is 56.0. The fourth-order valence-electron chi connectivity index (χ4n) is 6.58. The maximum atomic E-state index is 14.1. The number of benzene rings is 1. The molecule has 2 saturated heterocycles. The van der Waals surface area contributed by atoms with E-state index in [0.717, 1.165) is 11.1 Å². The molecule has 3 aliphatic heterocycles. The molecule has 2 fully saturated rings. The van der Waals surface area contributed by atoms with Crippen molar-refractivity contribution < 1.29 is 48.0 Å². The average Bonchev–Trinajstić information content (AvgIpc) is 3.79. The van der Waals surface area contributed by atoms with Crippen LogP contribution in [-0.4, -0.2) is 116 Å². The third-order valence-electron chi connectivity index (χ3n) is 10.0. The number of anilines is 1. The maximum absolute atomic E-state index is 14.1. The summed E-state index contributed by atoms with van der Waals surface area (Å²) in [7, 11) is 6.04. The Bertz CT molecular complexity index is 1560. The monoisotopic (exact) mass is 751 g/mol. The molecule has 1 aromatic rings. The van der Waals surface area contributed by atoms with E-state index in [1.165, 1.54) is 42.8 Å². The van der Waals surface area contributed by atoms with Crippen molar-refractivity contribution in [3.8, 4) is 5.75 Å². The maximum Gasteiger partial charge on any atom is 0.409 e. The number of aliphatic hydroxyl groups is 1. The molecule has 1 aromatic carbocycles. The molecule has 51 heavy (non-hydrogen) atoms. The molecule has 0 saturated carbocycles. The van der Waals surface area contributed by atoms with Crippen molar-refractivity contribution in [3.05, 3.63) is 46.5 Å². The molecule has 282 valence electrons. The van der Waals surface area contributed by atoms with Gasteiger partial charge < -0.3 is 38.6 Å². The summed E-state index contributed by atoms with van der Waals surface area (Å²) < 4.78 is 29.1. The van der Waals surface area contributed by atoms with Crippen LogP contribution >= 0.6 is 23.4 Å². The molecular formula is C36H50ClN3O10S. The van der Waals surface area contributed by atoms with Crippen molar-refractivity contribution in [2.24, 2.45) is 5.92 Å². The summed E-state index contributed by atoms with van der Waals surface area (Å²) in [6.45, 7) is 7.02. The number of carbonyl (C=O) groups excluding carboxylic acids is 4. The predicted molar refractivity (Wildman–Crippen MR) is 194 cm³/mol. The second kappa shape index (κ2) is 16.6. The lowest BCUT2D eigenvalue weighted by Crippen LogP contribution is -2.63. The third kappa shape index (κ3) is 9.02. The van der Waals surface area contributed by atoms with Gasteiger partial charge in [-0.25, -0.2) is 9.59 Å². The standard InChI is InChI=1S/C36H50ClN3O10S/c1-20-11-10-12-27(47-8)36(45)19-26(48-34(44)38-36)21(2)32-35(4,50-32)28(49-33(43)22(3)39(5)29(41)13-14-51-9)18-30(42)40(6)24-16-23(15-20)17-25(46-7)31(24)37/h10-12,16-17,21-22,26-28,32,45H,13-15,18-19H2,1-9H3,(H,38,44). The van der Waals surface area contributed by atoms with Crippen molar-refractivity contribution in [2.75, 3.05) is 45.2 Å². The molecule has 0 radical (unpaired) electrons. The third-order valence-corrected chi connectivity index (χ3v) is 11.0. The van der Waals surface area contributed by atoms with Gasteiger partial charge in [0.15, 0.2) is 5.72 Å². The van der Waals surface area contributed by atoms with Crippen molar-refractivity contribution in [1.82, 2.24) is 10.2 Å². The molecule has 13 nitrogen and oxygen atoms in total. The number of hydrogen-bond acceptors (Lipinski definition) is 11. The lowest BCUT2D eigenvalue weighted by Gasteiger charge is -2.42. The lowest BCUT2D eigenvalue weighted by atomic mass is 9.83. The molecule has 0 aromatic heterocycles. The Labute approximate surface area is 308 Å². The number of halogens is 1. The van der Waals surface area contributed by atoms with Crippen molar-refractivity contribution >= 4 is 52.9 Å². The fraction of sp³-hybridized carbons (Fsp3) is 0.611. The zero-order valence-corrected chi connectivity index (χ0v) is 32.3. The first-order chi connectivity index (χ1) is 24.0. The van der Waals surface area contributed by atoms with Crippen LogP contribution in [0.4, 0.5) is 10.5 Å². The largest absolute Gasteiger partial charge is 0.495 e. The quantitative estimate of drug-likeness (QED) is 0.289. The van der Waals surface area contributed by atoms with Gasteiger partial charge in [0.2, 0.25) is 11.8 Å². The lowest BCUT2D eigenvalue weighted by molar-refractivity contribution is -0.161.